The van der Waals surface area contributed by atoms with Crippen molar-refractivity contribution in [2.24, 2.45) is 0 Å². The van der Waals surface area contributed by atoms with Gasteiger partial charge in [-0.05, 0) is 24.6 Å². The van der Waals surface area contributed by atoms with Crippen LogP contribution in [0.3, 0.4) is 0 Å². The molecular formula is C22H28N4O3S. The third kappa shape index (κ3) is 4.82. The molecule has 8 heteroatoms. The molecule has 2 aromatic rings. The molecule has 1 aromatic carbocycles. The summed E-state index contributed by atoms with van der Waals surface area (Å²) >= 11 is 0. The molecule has 1 aromatic heterocycles. The number of hydrogen-bond donors (Lipinski definition) is 0. The van der Waals surface area contributed by atoms with Crippen molar-refractivity contribution in [1.82, 2.24) is 14.8 Å². The SMILES string of the molecule is C[C@@H]1CN(Cc2ccccc2)CCN1c1ccc(C(=O)N2CCS(=O)(=O)CC2)cn1. The summed E-state index contributed by atoms with van der Waals surface area (Å²) in [6, 6.07) is 14.5. The number of rotatable bonds is 4. The van der Waals surface area contributed by atoms with E-state index in [2.05, 4.69) is 46.0 Å². The maximum atomic E-state index is 12.7. The van der Waals surface area contributed by atoms with Gasteiger partial charge in [0, 0.05) is 51.5 Å². The van der Waals surface area contributed by atoms with Crippen molar-refractivity contribution in [1.29, 1.82) is 0 Å². The molecule has 0 bridgehead atoms. The lowest BCUT2D eigenvalue weighted by Crippen LogP contribution is -2.51. The van der Waals surface area contributed by atoms with E-state index in [9.17, 15) is 13.2 Å². The lowest BCUT2D eigenvalue weighted by molar-refractivity contribution is 0.0770. The molecule has 0 aliphatic carbocycles. The number of piperazine rings is 1. The summed E-state index contributed by atoms with van der Waals surface area (Å²) in [5.41, 5.74) is 1.83. The largest absolute Gasteiger partial charge is 0.351 e. The second-order valence-corrected chi connectivity index (χ2v) is 10.4. The molecule has 30 heavy (non-hydrogen) atoms. The van der Waals surface area contributed by atoms with Gasteiger partial charge in [-0.3, -0.25) is 9.69 Å². The minimum Gasteiger partial charge on any atom is -0.351 e. The predicted molar refractivity (Wildman–Crippen MR) is 117 cm³/mol. The maximum absolute atomic E-state index is 12.7. The van der Waals surface area contributed by atoms with Gasteiger partial charge in [0.25, 0.3) is 5.91 Å². The number of aromatic nitrogens is 1. The van der Waals surface area contributed by atoms with Gasteiger partial charge in [-0.15, -0.1) is 0 Å². The van der Waals surface area contributed by atoms with Gasteiger partial charge >= 0.3 is 0 Å². The van der Waals surface area contributed by atoms with Gasteiger partial charge in [0.1, 0.15) is 5.82 Å². The second-order valence-electron chi connectivity index (χ2n) is 8.11. The van der Waals surface area contributed by atoms with Crippen LogP contribution in [0, 0.1) is 0 Å². The average Bonchev–Trinajstić information content (AvgIpc) is 2.74. The minimum atomic E-state index is -3.00. The van der Waals surface area contributed by atoms with Gasteiger partial charge < -0.3 is 9.80 Å². The second kappa shape index (κ2) is 8.73. The highest BCUT2D eigenvalue weighted by Gasteiger charge is 2.27. The Bertz CT molecular complexity index is 965. The average molecular weight is 429 g/mol. The molecule has 4 rings (SSSR count). The third-order valence-electron chi connectivity index (χ3n) is 5.88. The Labute approximate surface area is 178 Å². The summed E-state index contributed by atoms with van der Waals surface area (Å²) in [6.07, 6.45) is 1.61. The Balaban J connectivity index is 1.35. The molecule has 2 aliphatic rings. The fraction of sp³-hybridized carbons (Fsp3) is 0.455. The number of benzene rings is 1. The van der Waals surface area contributed by atoms with Gasteiger partial charge in [0.15, 0.2) is 9.84 Å². The number of pyridine rings is 1. The highest BCUT2D eigenvalue weighted by Crippen LogP contribution is 2.20. The molecule has 2 aliphatic heterocycles. The van der Waals surface area contributed by atoms with E-state index in [-0.39, 0.29) is 30.5 Å². The summed E-state index contributed by atoms with van der Waals surface area (Å²) < 4.78 is 23.1. The normalized spacial score (nSPS) is 22.1. The summed E-state index contributed by atoms with van der Waals surface area (Å²) in [4.78, 5) is 23.5. The van der Waals surface area contributed by atoms with E-state index in [0.717, 1.165) is 32.0 Å². The van der Waals surface area contributed by atoms with Gasteiger partial charge in [0.2, 0.25) is 0 Å². The summed E-state index contributed by atoms with van der Waals surface area (Å²) in [5.74, 6) is 0.800. The summed E-state index contributed by atoms with van der Waals surface area (Å²) in [6.45, 7) is 6.46. The highest BCUT2D eigenvalue weighted by atomic mass is 32.2. The van der Waals surface area contributed by atoms with Crippen molar-refractivity contribution < 1.29 is 13.2 Å². The molecule has 3 heterocycles. The van der Waals surface area contributed by atoms with Gasteiger partial charge in [-0.1, -0.05) is 30.3 Å². The lowest BCUT2D eigenvalue weighted by atomic mass is 10.1. The van der Waals surface area contributed by atoms with Crippen LogP contribution in [0.15, 0.2) is 48.7 Å². The molecule has 2 saturated heterocycles. The van der Waals surface area contributed by atoms with Crippen LogP contribution in [0.2, 0.25) is 0 Å². The zero-order valence-electron chi connectivity index (χ0n) is 17.3. The van der Waals surface area contributed by atoms with Crippen LogP contribution in [0.25, 0.3) is 0 Å². The molecular weight excluding hydrogens is 400 g/mol. The van der Waals surface area contributed by atoms with E-state index in [0.29, 0.717) is 11.6 Å². The molecule has 0 saturated carbocycles. The van der Waals surface area contributed by atoms with Crippen LogP contribution in [0.4, 0.5) is 5.82 Å². The summed E-state index contributed by atoms with van der Waals surface area (Å²) in [7, 11) is -3.00. The molecule has 0 N–H and O–H groups in total. The first-order chi connectivity index (χ1) is 14.4. The maximum Gasteiger partial charge on any atom is 0.255 e. The molecule has 1 atom stereocenters. The van der Waals surface area contributed by atoms with Gasteiger partial charge in [-0.2, -0.15) is 0 Å². The first-order valence-corrected chi connectivity index (χ1v) is 12.2. The summed E-state index contributed by atoms with van der Waals surface area (Å²) in [5, 5.41) is 0. The first kappa shape index (κ1) is 20.8. The highest BCUT2D eigenvalue weighted by molar-refractivity contribution is 7.91. The Morgan fingerprint density at radius 1 is 1.03 bits per heavy atom. The van der Waals surface area contributed by atoms with Gasteiger partial charge in [-0.25, -0.2) is 13.4 Å². The number of sulfone groups is 1. The van der Waals surface area contributed by atoms with Crippen LogP contribution < -0.4 is 4.90 Å². The molecule has 0 spiro atoms. The third-order valence-corrected chi connectivity index (χ3v) is 7.49. The number of anilines is 1. The molecule has 0 unspecified atom stereocenters. The number of hydrogen-bond acceptors (Lipinski definition) is 6. The Morgan fingerprint density at radius 2 is 1.77 bits per heavy atom. The van der Waals surface area contributed by atoms with Crippen molar-refractivity contribution in [2.45, 2.75) is 19.5 Å². The number of carbonyl (C=O) groups excluding carboxylic acids is 1. The van der Waals surface area contributed by atoms with Crippen molar-refractivity contribution in [2.75, 3.05) is 49.1 Å². The smallest absolute Gasteiger partial charge is 0.255 e. The van der Waals surface area contributed by atoms with Crippen molar-refractivity contribution >= 4 is 21.6 Å². The number of carbonyl (C=O) groups is 1. The van der Waals surface area contributed by atoms with Gasteiger partial charge in [0.05, 0.1) is 17.1 Å². The molecule has 1 amide bonds. The zero-order chi connectivity index (χ0) is 21.1. The monoisotopic (exact) mass is 428 g/mol. The van der Waals surface area contributed by atoms with Crippen LogP contribution in [0.1, 0.15) is 22.8 Å². The Kier molecular flexibility index (Phi) is 6.06. The molecule has 160 valence electrons. The lowest BCUT2D eigenvalue weighted by Gasteiger charge is -2.40. The van der Waals surface area contributed by atoms with E-state index >= 15 is 0 Å². The Hall–Kier alpha value is -2.45. The van der Waals surface area contributed by atoms with E-state index < -0.39 is 9.84 Å². The van der Waals surface area contributed by atoms with Crippen LogP contribution >= 0.6 is 0 Å². The van der Waals surface area contributed by atoms with Crippen molar-refractivity contribution in [3.8, 4) is 0 Å². The number of amides is 1. The van der Waals surface area contributed by atoms with E-state index in [1.54, 1.807) is 17.2 Å². The van der Waals surface area contributed by atoms with Crippen molar-refractivity contribution in [3.63, 3.8) is 0 Å². The Morgan fingerprint density at radius 3 is 2.40 bits per heavy atom. The topological polar surface area (TPSA) is 73.8 Å². The number of nitrogens with zero attached hydrogens (tertiary/aromatic N) is 4. The fourth-order valence-corrected chi connectivity index (χ4v) is 5.34. The zero-order valence-corrected chi connectivity index (χ0v) is 18.1. The molecule has 0 radical (unpaired) electrons. The molecule has 2 fully saturated rings. The quantitative estimate of drug-likeness (QED) is 0.738. The van der Waals surface area contributed by atoms with Crippen LogP contribution in [0.5, 0.6) is 0 Å². The molecule has 7 nitrogen and oxygen atoms in total. The predicted octanol–water partition coefficient (Wildman–Crippen LogP) is 1.66. The van der Waals surface area contributed by atoms with Crippen molar-refractivity contribution in [3.05, 3.63) is 59.8 Å². The van der Waals surface area contributed by atoms with E-state index in [4.69, 9.17) is 0 Å². The standard InChI is InChI=1S/C22H28N4O3S/c1-18-16-24(17-19-5-3-2-4-6-19)9-10-26(18)21-8-7-20(15-23-21)22(27)25-11-13-30(28,29)14-12-25/h2-8,15,18H,9-14,16-17H2,1H3/t18-/m1/s1. The van der Waals surface area contributed by atoms with E-state index in [1.807, 2.05) is 12.1 Å². The minimum absolute atomic E-state index is 0.0367. The fourth-order valence-electron chi connectivity index (χ4n) is 4.14. The van der Waals surface area contributed by atoms with E-state index in [1.165, 1.54) is 5.56 Å². The first-order valence-electron chi connectivity index (χ1n) is 10.4. The van der Waals surface area contributed by atoms with Crippen LogP contribution in [-0.4, -0.2) is 79.4 Å². The van der Waals surface area contributed by atoms with Crippen LogP contribution in [-0.2, 0) is 16.4 Å².